The summed E-state index contributed by atoms with van der Waals surface area (Å²) in [5, 5.41) is 9.79. The van der Waals surface area contributed by atoms with Gasteiger partial charge in [0.1, 0.15) is 30.5 Å². The summed E-state index contributed by atoms with van der Waals surface area (Å²) >= 11 is 6.93. The first-order chi connectivity index (χ1) is 29.2. The van der Waals surface area contributed by atoms with Crippen LogP contribution in [0.1, 0.15) is 45.2 Å². The molecule has 0 N–H and O–H groups in total. The van der Waals surface area contributed by atoms with Gasteiger partial charge < -0.3 is 33.3 Å². The summed E-state index contributed by atoms with van der Waals surface area (Å²) in [4.78, 5) is 2.19. The minimum atomic E-state index is -0.577. The van der Waals surface area contributed by atoms with E-state index in [1.165, 1.54) is 0 Å². The molecule has 0 unspecified atom stereocenters. The van der Waals surface area contributed by atoms with Crippen LogP contribution in [0.5, 0.6) is 0 Å². The lowest BCUT2D eigenvalue weighted by atomic mass is 9.89. The highest BCUT2D eigenvalue weighted by atomic mass is 35.5. The number of morpholine rings is 1. The van der Waals surface area contributed by atoms with Crippen molar-refractivity contribution >= 4 is 17.4 Å². The quantitative estimate of drug-likeness (QED) is 0.0897. The van der Waals surface area contributed by atoms with Crippen LogP contribution in [0.4, 0.5) is 5.82 Å². The molecule has 2 saturated heterocycles. The van der Waals surface area contributed by atoms with E-state index in [1.807, 2.05) is 97.1 Å². The predicted molar refractivity (Wildman–Crippen MR) is 228 cm³/mol. The second-order valence-corrected chi connectivity index (χ2v) is 15.3. The van der Waals surface area contributed by atoms with E-state index in [0.717, 1.165) is 58.0 Å². The molecule has 59 heavy (non-hydrogen) atoms. The van der Waals surface area contributed by atoms with Crippen molar-refractivity contribution in [2.24, 2.45) is 0 Å². The highest BCUT2D eigenvalue weighted by molar-refractivity contribution is 6.31. The Labute approximate surface area is 351 Å². The molecule has 6 aromatic rings. The van der Waals surface area contributed by atoms with E-state index in [4.69, 9.17) is 40.0 Å². The summed E-state index contributed by atoms with van der Waals surface area (Å²) in [6.07, 6.45) is -2.25. The number of anilines is 1. The molecular formula is C49H50ClN3O6. The van der Waals surface area contributed by atoms with E-state index >= 15 is 0 Å². The molecule has 3 heterocycles. The highest BCUT2D eigenvalue weighted by Crippen LogP contribution is 2.40. The van der Waals surface area contributed by atoms with Crippen LogP contribution in [-0.4, -0.2) is 67.5 Å². The largest absolute Gasteiger partial charge is 0.378 e. The van der Waals surface area contributed by atoms with Crippen molar-refractivity contribution in [3.05, 3.63) is 196 Å². The number of hydrogen-bond acceptors (Lipinski definition) is 9. The predicted octanol–water partition coefficient (Wildman–Crippen LogP) is 8.97. The Morgan fingerprint density at radius 3 is 1.68 bits per heavy atom. The molecule has 2 fully saturated rings. The number of nitrogens with zero attached hydrogens (tertiary/aromatic N) is 3. The van der Waals surface area contributed by atoms with Gasteiger partial charge in [-0.2, -0.15) is 5.10 Å². The molecule has 2 aliphatic rings. The van der Waals surface area contributed by atoms with Gasteiger partial charge in [-0.05, 0) is 51.6 Å². The normalized spacial score (nSPS) is 20.7. The molecule has 0 spiro atoms. The Morgan fingerprint density at radius 2 is 1.12 bits per heavy atom. The summed E-state index contributed by atoms with van der Waals surface area (Å²) in [6, 6.07) is 50.8. The van der Waals surface area contributed by atoms with Crippen LogP contribution in [0.3, 0.4) is 0 Å². The molecule has 0 aliphatic carbocycles. The van der Waals surface area contributed by atoms with Gasteiger partial charge >= 0.3 is 0 Å². The average Bonchev–Trinajstić information content (AvgIpc) is 3.30. The van der Waals surface area contributed by atoms with Gasteiger partial charge in [-0.3, -0.25) is 0 Å². The summed E-state index contributed by atoms with van der Waals surface area (Å²) in [5.41, 5.74) is 6.83. The third-order valence-corrected chi connectivity index (χ3v) is 11.1. The Bertz CT molecular complexity index is 2140. The van der Waals surface area contributed by atoms with Crippen molar-refractivity contribution in [3.8, 4) is 0 Å². The van der Waals surface area contributed by atoms with Crippen LogP contribution >= 0.6 is 11.6 Å². The maximum absolute atomic E-state index is 7.18. The fourth-order valence-electron chi connectivity index (χ4n) is 7.57. The first-order valence-electron chi connectivity index (χ1n) is 20.3. The lowest BCUT2D eigenvalue weighted by Crippen LogP contribution is -2.58. The lowest BCUT2D eigenvalue weighted by molar-refractivity contribution is -0.275. The van der Waals surface area contributed by atoms with Crippen molar-refractivity contribution in [2.75, 3.05) is 37.8 Å². The van der Waals surface area contributed by atoms with Gasteiger partial charge in [0.15, 0.2) is 5.82 Å². The smallest absolute Gasteiger partial charge is 0.151 e. The SMILES string of the molecule is Clc1ccc([C@@H]2O[C@H](COCc3ccccc3)[C@@H](OCc3ccccc3)[C@H](OCc3ccccc3)[C@H]2OCc2ccccc2)cc1Cc1ccc(N2CCOCC2)nn1. The van der Waals surface area contributed by atoms with Crippen molar-refractivity contribution in [2.45, 2.75) is 63.4 Å². The van der Waals surface area contributed by atoms with Crippen LogP contribution in [-0.2, 0) is 61.3 Å². The molecule has 9 nitrogen and oxygen atoms in total. The maximum Gasteiger partial charge on any atom is 0.151 e. The molecule has 0 amide bonds. The van der Waals surface area contributed by atoms with Gasteiger partial charge in [-0.15, -0.1) is 5.10 Å². The zero-order valence-corrected chi connectivity index (χ0v) is 33.8. The van der Waals surface area contributed by atoms with Gasteiger partial charge in [0.05, 0.1) is 51.9 Å². The minimum Gasteiger partial charge on any atom is -0.378 e. The van der Waals surface area contributed by atoms with E-state index in [-0.39, 0.29) is 6.61 Å². The molecule has 5 aromatic carbocycles. The summed E-state index contributed by atoms with van der Waals surface area (Å²) < 4.78 is 39.9. The Hall–Kier alpha value is -4.97. The zero-order valence-electron chi connectivity index (χ0n) is 33.1. The Kier molecular flexibility index (Phi) is 14.4. The van der Waals surface area contributed by atoms with Crippen molar-refractivity contribution in [1.82, 2.24) is 10.2 Å². The number of halogens is 1. The molecule has 5 atom stereocenters. The van der Waals surface area contributed by atoms with E-state index in [1.54, 1.807) is 0 Å². The molecular weight excluding hydrogens is 762 g/mol. The molecule has 0 radical (unpaired) electrons. The van der Waals surface area contributed by atoms with Gasteiger partial charge in [0.25, 0.3) is 0 Å². The summed E-state index contributed by atoms with van der Waals surface area (Å²) in [7, 11) is 0. The second-order valence-electron chi connectivity index (χ2n) is 14.9. The number of aromatic nitrogens is 2. The maximum atomic E-state index is 7.18. The standard InChI is InChI=1S/C49H50ClN3O6/c50-43-23-21-40(29-41(43)30-42-22-24-45(52-51-42)53-25-27-54-28-26-53)46-48(57-33-38-17-9-3-10-18-38)49(58-34-39-19-11-4-12-20-39)47(56-32-37-15-7-2-8-16-37)44(59-46)35-55-31-36-13-5-1-6-14-36/h1-24,29,44,46-49H,25-28,30-35H2/t44-,46+,47-,48+,49+/m1/s1. The van der Waals surface area contributed by atoms with Gasteiger partial charge in [0, 0.05) is 24.5 Å². The molecule has 304 valence electrons. The fourth-order valence-corrected chi connectivity index (χ4v) is 7.75. The highest BCUT2D eigenvalue weighted by Gasteiger charge is 2.49. The lowest BCUT2D eigenvalue weighted by Gasteiger charge is -2.46. The van der Waals surface area contributed by atoms with E-state index in [0.29, 0.717) is 51.1 Å². The van der Waals surface area contributed by atoms with Crippen LogP contribution in [0, 0.1) is 0 Å². The van der Waals surface area contributed by atoms with E-state index in [2.05, 4.69) is 69.7 Å². The first-order valence-corrected chi connectivity index (χ1v) is 20.7. The number of benzene rings is 5. The molecule has 10 heteroatoms. The van der Waals surface area contributed by atoms with E-state index in [9.17, 15) is 0 Å². The molecule has 0 saturated carbocycles. The number of rotatable bonds is 17. The Morgan fingerprint density at radius 1 is 0.576 bits per heavy atom. The zero-order chi connectivity index (χ0) is 40.1. The average molecular weight is 812 g/mol. The third-order valence-electron chi connectivity index (χ3n) is 10.7. The molecule has 1 aromatic heterocycles. The number of ether oxygens (including phenoxy) is 6. The van der Waals surface area contributed by atoms with Gasteiger partial charge in [-0.25, -0.2) is 0 Å². The second kappa shape index (κ2) is 20.8. The summed E-state index contributed by atoms with van der Waals surface area (Å²) in [6.45, 7) is 4.73. The minimum absolute atomic E-state index is 0.271. The Balaban J connectivity index is 1.13. The van der Waals surface area contributed by atoms with Gasteiger partial charge in [0.2, 0.25) is 0 Å². The van der Waals surface area contributed by atoms with Crippen molar-refractivity contribution in [3.63, 3.8) is 0 Å². The number of hydrogen-bond donors (Lipinski definition) is 0. The van der Waals surface area contributed by atoms with Crippen LogP contribution in [0.15, 0.2) is 152 Å². The van der Waals surface area contributed by atoms with Crippen molar-refractivity contribution in [1.29, 1.82) is 0 Å². The molecule has 2 aliphatic heterocycles. The topological polar surface area (TPSA) is 84.4 Å². The van der Waals surface area contributed by atoms with E-state index < -0.39 is 30.5 Å². The first kappa shape index (κ1) is 40.8. The van der Waals surface area contributed by atoms with Crippen LogP contribution in [0.25, 0.3) is 0 Å². The van der Waals surface area contributed by atoms with Gasteiger partial charge in [-0.1, -0.05) is 145 Å². The third kappa shape index (κ3) is 11.2. The van der Waals surface area contributed by atoms with Crippen LogP contribution in [0.2, 0.25) is 5.02 Å². The monoisotopic (exact) mass is 811 g/mol. The van der Waals surface area contributed by atoms with Crippen molar-refractivity contribution < 1.29 is 28.4 Å². The summed E-state index contributed by atoms with van der Waals surface area (Å²) in [5.74, 6) is 0.844. The molecule has 0 bridgehead atoms. The fraction of sp³-hybridized carbons (Fsp3) is 0.306. The van der Waals surface area contributed by atoms with Crippen LogP contribution < -0.4 is 4.90 Å². The molecule has 8 rings (SSSR count).